The van der Waals surface area contributed by atoms with Crippen LogP contribution in [0.1, 0.15) is 56.6 Å². The van der Waals surface area contributed by atoms with Gasteiger partial charge in [0.2, 0.25) is 12.7 Å². The van der Waals surface area contributed by atoms with E-state index in [1.54, 1.807) is 24.3 Å². The maximum Gasteiger partial charge on any atom is 0.246 e. The minimum absolute atomic E-state index is 0.105. The molecule has 2 N–H and O–H groups in total. The highest BCUT2D eigenvalue weighted by Gasteiger charge is 2.21. The Balaban J connectivity index is 1.34. The molecule has 3 rings (SSSR count). The molecule has 2 atom stereocenters. The fraction of sp³-hybridized carbons (Fsp3) is 0.571. The number of carbonyl (C=O) groups is 1. The van der Waals surface area contributed by atoms with E-state index in [-0.39, 0.29) is 12.7 Å². The molecule has 0 spiro atoms. The second kappa shape index (κ2) is 9.76. The summed E-state index contributed by atoms with van der Waals surface area (Å²) in [7, 11) is 0. The average Bonchev–Trinajstić information content (AvgIpc) is 3.18. The summed E-state index contributed by atoms with van der Waals surface area (Å²) < 4.78 is 10.6. The Hall–Kier alpha value is -2.05. The number of unbranched alkanes of at least 4 members (excludes halogenated alkanes) is 2. The summed E-state index contributed by atoms with van der Waals surface area (Å²) in [5.74, 6) is 1.36. The van der Waals surface area contributed by atoms with Gasteiger partial charge in [-0.3, -0.25) is 4.79 Å². The Morgan fingerprint density at radius 2 is 1.89 bits per heavy atom. The van der Waals surface area contributed by atoms with Crippen LogP contribution in [0.4, 0.5) is 0 Å². The number of nitrogens with zero attached hydrogens (tertiary/aromatic N) is 1. The van der Waals surface area contributed by atoms with Crippen LogP contribution in [-0.2, 0) is 4.79 Å². The van der Waals surface area contributed by atoms with Crippen molar-refractivity contribution in [2.45, 2.75) is 57.2 Å². The number of hydrogen-bond acceptors (Lipinski definition) is 5. The predicted octanol–water partition coefficient (Wildman–Crippen LogP) is 2.94. The first-order valence-electron chi connectivity index (χ1n) is 9.86. The number of carbonyl (C=O) groups excluding carboxylic acids is 1. The number of allylic oxidation sites excluding steroid dienone is 1. The Morgan fingerprint density at radius 1 is 1.11 bits per heavy atom. The average molecular weight is 375 g/mol. The van der Waals surface area contributed by atoms with Gasteiger partial charge in [-0.25, -0.2) is 0 Å². The van der Waals surface area contributed by atoms with Gasteiger partial charge < -0.3 is 24.6 Å². The molecule has 0 radical (unpaired) electrons. The molecule has 1 amide bonds. The minimum Gasteiger partial charge on any atom is -0.454 e. The molecule has 1 fully saturated rings. The second-order valence-electron chi connectivity index (χ2n) is 7.20. The first-order chi connectivity index (χ1) is 13.1. The molecular weight excluding hydrogens is 346 g/mol. The first-order valence-corrected chi connectivity index (χ1v) is 9.86. The van der Waals surface area contributed by atoms with Crippen molar-refractivity contribution in [3.05, 3.63) is 35.9 Å². The molecular formula is C21H29NO5. The minimum atomic E-state index is -0.948. The maximum atomic E-state index is 12.0. The SMILES string of the molecule is O=C(C=CCCCCC(O)C(O)c1ccc2c(c1)OCO2)N1CCCCC1. The molecule has 27 heavy (non-hydrogen) atoms. The van der Waals surface area contributed by atoms with Crippen molar-refractivity contribution in [1.29, 1.82) is 0 Å². The van der Waals surface area contributed by atoms with E-state index in [1.807, 2.05) is 11.0 Å². The summed E-state index contributed by atoms with van der Waals surface area (Å²) in [6.45, 7) is 1.92. The van der Waals surface area contributed by atoms with E-state index in [0.717, 1.165) is 45.2 Å². The van der Waals surface area contributed by atoms with Gasteiger partial charge in [-0.2, -0.15) is 0 Å². The molecule has 2 aliphatic rings. The predicted molar refractivity (Wildman–Crippen MR) is 102 cm³/mol. The molecule has 148 valence electrons. The second-order valence-corrected chi connectivity index (χ2v) is 7.20. The lowest BCUT2D eigenvalue weighted by atomic mass is 9.99. The standard InChI is InChI=1S/C21H29NO5/c23-17(21(25)16-10-11-18-19(14-16)27-15-26-18)8-4-1-2-5-9-20(24)22-12-6-3-7-13-22/h5,9-11,14,17,21,23,25H,1-4,6-8,12-13,15H2. The molecule has 2 heterocycles. The lowest BCUT2D eigenvalue weighted by molar-refractivity contribution is -0.126. The number of hydrogen-bond donors (Lipinski definition) is 2. The molecule has 6 heteroatoms. The largest absolute Gasteiger partial charge is 0.454 e. The van der Waals surface area contributed by atoms with Gasteiger partial charge >= 0.3 is 0 Å². The van der Waals surface area contributed by atoms with E-state index < -0.39 is 12.2 Å². The summed E-state index contributed by atoms with van der Waals surface area (Å²) in [4.78, 5) is 13.9. The number of amides is 1. The summed E-state index contributed by atoms with van der Waals surface area (Å²) >= 11 is 0. The van der Waals surface area contributed by atoms with Crippen LogP contribution in [0.3, 0.4) is 0 Å². The highest BCUT2D eigenvalue weighted by atomic mass is 16.7. The van der Waals surface area contributed by atoms with E-state index in [9.17, 15) is 15.0 Å². The van der Waals surface area contributed by atoms with Gasteiger partial charge in [-0.05, 0) is 62.3 Å². The van der Waals surface area contributed by atoms with Crippen LogP contribution in [0, 0.1) is 0 Å². The van der Waals surface area contributed by atoms with Gasteiger partial charge in [0.1, 0.15) is 6.10 Å². The fourth-order valence-electron chi connectivity index (χ4n) is 3.50. The van der Waals surface area contributed by atoms with Crippen LogP contribution < -0.4 is 9.47 Å². The smallest absolute Gasteiger partial charge is 0.246 e. The number of fused-ring (bicyclic) bond motifs is 1. The number of ether oxygens (including phenoxy) is 2. The van der Waals surface area contributed by atoms with Gasteiger partial charge in [0.25, 0.3) is 0 Å². The molecule has 2 unspecified atom stereocenters. The van der Waals surface area contributed by atoms with Crippen molar-refractivity contribution in [2.75, 3.05) is 19.9 Å². The van der Waals surface area contributed by atoms with Crippen LogP contribution in [0.25, 0.3) is 0 Å². The highest BCUT2D eigenvalue weighted by molar-refractivity contribution is 5.87. The van der Waals surface area contributed by atoms with Crippen LogP contribution in [0.15, 0.2) is 30.4 Å². The fourth-order valence-corrected chi connectivity index (χ4v) is 3.50. The molecule has 0 aromatic heterocycles. The zero-order valence-corrected chi connectivity index (χ0v) is 15.7. The van der Waals surface area contributed by atoms with E-state index in [4.69, 9.17) is 9.47 Å². The van der Waals surface area contributed by atoms with Crippen LogP contribution in [0.5, 0.6) is 11.5 Å². The van der Waals surface area contributed by atoms with E-state index in [2.05, 4.69) is 0 Å². The van der Waals surface area contributed by atoms with Gasteiger partial charge in [0, 0.05) is 13.1 Å². The Kier molecular flexibility index (Phi) is 7.12. The lowest BCUT2D eigenvalue weighted by Crippen LogP contribution is -2.34. The summed E-state index contributed by atoms with van der Waals surface area (Å²) in [6, 6.07) is 5.21. The van der Waals surface area contributed by atoms with Crippen molar-refractivity contribution in [3.8, 4) is 11.5 Å². The molecule has 0 aliphatic carbocycles. The van der Waals surface area contributed by atoms with Crippen LogP contribution in [-0.4, -0.2) is 47.0 Å². The summed E-state index contributed by atoms with van der Waals surface area (Å²) in [5.41, 5.74) is 0.624. The lowest BCUT2D eigenvalue weighted by Gasteiger charge is -2.25. The Bertz CT molecular complexity index is 654. The third-order valence-corrected chi connectivity index (χ3v) is 5.15. The summed E-state index contributed by atoms with van der Waals surface area (Å²) in [5, 5.41) is 20.6. The zero-order valence-electron chi connectivity index (χ0n) is 15.7. The van der Waals surface area contributed by atoms with Crippen molar-refractivity contribution in [3.63, 3.8) is 0 Å². The number of piperidine rings is 1. The van der Waals surface area contributed by atoms with E-state index in [0.29, 0.717) is 23.5 Å². The number of aliphatic hydroxyl groups is 2. The molecule has 2 aliphatic heterocycles. The third kappa shape index (κ3) is 5.47. The zero-order chi connectivity index (χ0) is 19.1. The van der Waals surface area contributed by atoms with Crippen molar-refractivity contribution in [1.82, 2.24) is 4.90 Å². The van der Waals surface area contributed by atoms with Gasteiger partial charge in [-0.15, -0.1) is 0 Å². The van der Waals surface area contributed by atoms with Gasteiger partial charge in [0.05, 0.1) is 6.10 Å². The van der Waals surface area contributed by atoms with Crippen LogP contribution >= 0.6 is 0 Å². The van der Waals surface area contributed by atoms with Gasteiger partial charge in [-0.1, -0.05) is 18.6 Å². The van der Waals surface area contributed by atoms with Gasteiger partial charge in [0.15, 0.2) is 11.5 Å². The first kappa shape index (κ1) is 19.7. The molecule has 0 saturated carbocycles. The maximum absolute atomic E-state index is 12.0. The number of aliphatic hydroxyl groups excluding tert-OH is 2. The molecule has 0 bridgehead atoms. The molecule has 6 nitrogen and oxygen atoms in total. The topological polar surface area (TPSA) is 79.2 Å². The van der Waals surface area contributed by atoms with E-state index >= 15 is 0 Å². The Labute approximate surface area is 160 Å². The van der Waals surface area contributed by atoms with Crippen molar-refractivity contribution in [2.24, 2.45) is 0 Å². The number of likely N-dealkylation sites (tertiary alicyclic amines) is 1. The quantitative estimate of drug-likeness (QED) is 0.539. The molecule has 1 aromatic carbocycles. The molecule has 1 aromatic rings. The van der Waals surface area contributed by atoms with E-state index in [1.165, 1.54) is 6.42 Å². The van der Waals surface area contributed by atoms with Crippen LogP contribution in [0.2, 0.25) is 0 Å². The summed E-state index contributed by atoms with van der Waals surface area (Å²) in [6.07, 6.45) is 8.18. The highest BCUT2D eigenvalue weighted by Crippen LogP contribution is 2.35. The number of benzene rings is 1. The molecule has 1 saturated heterocycles. The van der Waals surface area contributed by atoms with Crippen molar-refractivity contribution >= 4 is 5.91 Å². The normalized spacial score (nSPS) is 18.7. The van der Waals surface area contributed by atoms with Crippen molar-refractivity contribution < 1.29 is 24.5 Å². The monoisotopic (exact) mass is 375 g/mol. The number of rotatable bonds is 8. The Morgan fingerprint density at radius 3 is 2.70 bits per heavy atom. The third-order valence-electron chi connectivity index (χ3n) is 5.15.